The van der Waals surface area contributed by atoms with Gasteiger partial charge in [0.1, 0.15) is 23.7 Å². The molecule has 4 aromatic rings. The summed E-state index contributed by atoms with van der Waals surface area (Å²) in [7, 11) is 1.67. The lowest BCUT2D eigenvalue weighted by Gasteiger charge is -2.39. The maximum absolute atomic E-state index is 5.22. The minimum Gasteiger partial charge on any atom is -0.497 e. The number of nitrogens with one attached hydrogen (secondary N) is 1. The van der Waals surface area contributed by atoms with Crippen LogP contribution in [0.4, 0.5) is 5.82 Å². The highest BCUT2D eigenvalue weighted by molar-refractivity contribution is 5.75. The number of methoxy groups -OCH3 is 1. The van der Waals surface area contributed by atoms with Crippen LogP contribution in [0.15, 0.2) is 60.9 Å². The van der Waals surface area contributed by atoms with E-state index in [-0.39, 0.29) is 0 Å². The minimum atomic E-state index is 0.400. The van der Waals surface area contributed by atoms with E-state index in [4.69, 9.17) is 9.72 Å². The molecule has 6 heteroatoms. The van der Waals surface area contributed by atoms with Crippen molar-refractivity contribution in [1.82, 2.24) is 19.9 Å². The van der Waals surface area contributed by atoms with Gasteiger partial charge in [0.25, 0.3) is 0 Å². The van der Waals surface area contributed by atoms with Crippen molar-refractivity contribution in [2.24, 2.45) is 0 Å². The molecule has 1 N–H and O–H groups in total. The lowest BCUT2D eigenvalue weighted by atomic mass is 9.99. The number of ether oxygens (including phenoxy) is 1. The van der Waals surface area contributed by atoms with Gasteiger partial charge in [0.05, 0.1) is 29.8 Å². The van der Waals surface area contributed by atoms with Gasteiger partial charge < -0.3 is 14.6 Å². The first kappa shape index (κ1) is 15.8. The first-order valence-electron chi connectivity index (χ1n) is 8.96. The van der Waals surface area contributed by atoms with Crippen LogP contribution in [-0.4, -0.2) is 40.1 Å². The Labute approximate surface area is 156 Å². The summed E-state index contributed by atoms with van der Waals surface area (Å²) < 4.78 is 5.22. The molecule has 0 saturated carbocycles. The number of nitrogens with zero attached hydrogens (tertiary/aromatic N) is 4. The van der Waals surface area contributed by atoms with Crippen molar-refractivity contribution in [1.29, 1.82) is 0 Å². The van der Waals surface area contributed by atoms with Gasteiger partial charge >= 0.3 is 0 Å². The van der Waals surface area contributed by atoms with Crippen molar-refractivity contribution < 1.29 is 4.74 Å². The molecule has 0 amide bonds. The van der Waals surface area contributed by atoms with Gasteiger partial charge in [0.2, 0.25) is 0 Å². The van der Waals surface area contributed by atoms with Crippen LogP contribution in [0.25, 0.3) is 22.3 Å². The van der Waals surface area contributed by atoms with E-state index in [0.717, 1.165) is 52.8 Å². The second-order valence-corrected chi connectivity index (χ2v) is 6.73. The van der Waals surface area contributed by atoms with Crippen molar-refractivity contribution in [3.05, 3.63) is 66.7 Å². The number of aromatic amines is 1. The molecule has 1 fully saturated rings. The Morgan fingerprint density at radius 3 is 2.63 bits per heavy atom. The summed E-state index contributed by atoms with van der Waals surface area (Å²) in [5, 5.41) is 0. The Hall–Kier alpha value is -3.41. The van der Waals surface area contributed by atoms with E-state index >= 15 is 0 Å². The van der Waals surface area contributed by atoms with Crippen LogP contribution in [-0.2, 0) is 0 Å². The number of rotatable bonds is 4. The highest BCUT2D eigenvalue weighted by Gasteiger charge is 2.31. The zero-order valence-electron chi connectivity index (χ0n) is 15.0. The lowest BCUT2D eigenvalue weighted by molar-refractivity contribution is 0.415. The smallest absolute Gasteiger partial charge is 0.132 e. The number of benzene rings is 2. The van der Waals surface area contributed by atoms with Gasteiger partial charge in [-0.1, -0.05) is 12.1 Å². The minimum absolute atomic E-state index is 0.400. The second-order valence-electron chi connectivity index (χ2n) is 6.73. The van der Waals surface area contributed by atoms with Crippen LogP contribution in [0.5, 0.6) is 5.75 Å². The Bertz CT molecular complexity index is 1050. The molecule has 2 aromatic heterocycles. The Balaban J connectivity index is 1.33. The van der Waals surface area contributed by atoms with Crippen LogP contribution in [0.2, 0.25) is 0 Å². The molecule has 3 heterocycles. The first-order valence-corrected chi connectivity index (χ1v) is 8.96. The third-order valence-corrected chi connectivity index (χ3v) is 5.04. The van der Waals surface area contributed by atoms with Crippen molar-refractivity contribution in [2.45, 2.75) is 5.92 Å². The molecule has 0 radical (unpaired) electrons. The summed E-state index contributed by atoms with van der Waals surface area (Å²) in [6.07, 6.45) is 1.63. The largest absolute Gasteiger partial charge is 0.497 e. The number of hydrogen-bond donors (Lipinski definition) is 1. The second kappa shape index (κ2) is 6.39. The average Bonchev–Trinajstić information content (AvgIpc) is 3.11. The molecule has 1 aliphatic rings. The summed E-state index contributed by atoms with van der Waals surface area (Å²) in [5.41, 5.74) is 4.08. The van der Waals surface area contributed by atoms with Crippen LogP contribution in [0, 0.1) is 0 Å². The summed E-state index contributed by atoms with van der Waals surface area (Å²) in [6, 6.07) is 18.1. The molecule has 27 heavy (non-hydrogen) atoms. The highest BCUT2D eigenvalue weighted by atomic mass is 16.5. The first-order chi connectivity index (χ1) is 13.3. The molecule has 0 bridgehead atoms. The maximum Gasteiger partial charge on any atom is 0.132 e. The topological polar surface area (TPSA) is 66.9 Å². The van der Waals surface area contributed by atoms with E-state index in [1.165, 1.54) is 0 Å². The third-order valence-electron chi connectivity index (χ3n) is 5.04. The molecular formula is C21H19N5O. The normalized spacial score (nSPS) is 14.3. The van der Waals surface area contributed by atoms with Gasteiger partial charge in [-0.25, -0.2) is 15.0 Å². The van der Waals surface area contributed by atoms with Crippen molar-refractivity contribution in [3.8, 4) is 17.0 Å². The zero-order chi connectivity index (χ0) is 18.2. The van der Waals surface area contributed by atoms with E-state index in [1.54, 1.807) is 13.4 Å². The predicted molar refractivity (Wildman–Crippen MR) is 105 cm³/mol. The lowest BCUT2D eigenvalue weighted by Crippen LogP contribution is -2.46. The molecule has 0 atom stereocenters. The van der Waals surface area contributed by atoms with E-state index in [9.17, 15) is 0 Å². The quantitative estimate of drug-likeness (QED) is 0.604. The fraction of sp³-hybridized carbons (Fsp3) is 0.190. The number of para-hydroxylation sites is 2. The van der Waals surface area contributed by atoms with E-state index in [1.807, 2.05) is 48.5 Å². The summed E-state index contributed by atoms with van der Waals surface area (Å²) in [6.45, 7) is 1.80. The molecule has 134 valence electrons. The van der Waals surface area contributed by atoms with Crippen molar-refractivity contribution in [2.75, 3.05) is 25.1 Å². The summed E-state index contributed by atoms with van der Waals surface area (Å²) in [5.74, 6) is 3.24. The number of imidazole rings is 1. The third kappa shape index (κ3) is 2.89. The molecule has 0 aliphatic carbocycles. The van der Waals surface area contributed by atoms with E-state index in [0.29, 0.717) is 5.92 Å². The van der Waals surface area contributed by atoms with Gasteiger partial charge in [0.15, 0.2) is 0 Å². The van der Waals surface area contributed by atoms with Crippen molar-refractivity contribution >= 4 is 16.9 Å². The predicted octanol–water partition coefficient (Wildman–Crippen LogP) is 3.63. The fourth-order valence-electron chi connectivity index (χ4n) is 3.44. The average molecular weight is 357 g/mol. The van der Waals surface area contributed by atoms with Crippen LogP contribution in [0.3, 0.4) is 0 Å². The molecule has 6 nitrogen and oxygen atoms in total. The summed E-state index contributed by atoms with van der Waals surface area (Å²) >= 11 is 0. The SMILES string of the molecule is COc1ccc(-c2cc(N3CC(c4nc5ccccc5[nH]4)C3)ncn2)cc1. The van der Waals surface area contributed by atoms with Gasteiger partial charge in [-0.15, -0.1) is 0 Å². The molecule has 5 rings (SSSR count). The van der Waals surface area contributed by atoms with E-state index in [2.05, 4.69) is 25.9 Å². The molecule has 1 saturated heterocycles. The Kier molecular flexibility index (Phi) is 3.74. The zero-order valence-corrected chi connectivity index (χ0v) is 15.0. The number of fused-ring (bicyclic) bond motifs is 1. The van der Waals surface area contributed by atoms with Crippen LogP contribution >= 0.6 is 0 Å². The summed E-state index contributed by atoms with van der Waals surface area (Å²) in [4.78, 5) is 19.3. The molecule has 2 aromatic carbocycles. The Morgan fingerprint density at radius 1 is 1.04 bits per heavy atom. The van der Waals surface area contributed by atoms with Gasteiger partial charge in [-0.2, -0.15) is 0 Å². The number of H-pyrrole nitrogens is 1. The van der Waals surface area contributed by atoms with Crippen LogP contribution in [0.1, 0.15) is 11.7 Å². The molecule has 0 spiro atoms. The van der Waals surface area contributed by atoms with Crippen LogP contribution < -0.4 is 9.64 Å². The molecule has 1 aliphatic heterocycles. The number of anilines is 1. The van der Waals surface area contributed by atoms with E-state index < -0.39 is 0 Å². The molecular weight excluding hydrogens is 338 g/mol. The highest BCUT2D eigenvalue weighted by Crippen LogP contribution is 2.31. The van der Waals surface area contributed by atoms with Gasteiger partial charge in [0, 0.05) is 24.7 Å². The van der Waals surface area contributed by atoms with Gasteiger partial charge in [-0.3, -0.25) is 0 Å². The monoisotopic (exact) mass is 357 g/mol. The Morgan fingerprint density at radius 2 is 1.85 bits per heavy atom. The number of hydrogen-bond acceptors (Lipinski definition) is 5. The number of aromatic nitrogens is 4. The standard InChI is InChI=1S/C21H19N5O/c1-27-16-8-6-14(7-9-16)19-10-20(23-13-22-19)26-11-15(12-26)21-24-17-4-2-3-5-18(17)25-21/h2-10,13,15H,11-12H2,1H3,(H,24,25). The fourth-order valence-corrected chi connectivity index (χ4v) is 3.44. The van der Waals surface area contributed by atoms with Gasteiger partial charge in [-0.05, 0) is 36.4 Å². The van der Waals surface area contributed by atoms with Crippen molar-refractivity contribution in [3.63, 3.8) is 0 Å². The molecule has 0 unspecified atom stereocenters. The maximum atomic E-state index is 5.22.